The summed E-state index contributed by atoms with van der Waals surface area (Å²) in [7, 11) is -7.45. The Morgan fingerprint density at radius 1 is 0.279 bits per heavy atom. The summed E-state index contributed by atoms with van der Waals surface area (Å²) in [5.41, 5.74) is 10.0. The van der Waals surface area contributed by atoms with Gasteiger partial charge in [0.2, 0.25) is 0 Å². The number of rotatable bonds is 4. The van der Waals surface area contributed by atoms with Gasteiger partial charge in [0, 0.05) is 33.5 Å². The Bertz CT molecular complexity index is 3720. The highest BCUT2D eigenvalue weighted by Gasteiger charge is 2.57. The highest BCUT2D eigenvalue weighted by molar-refractivity contribution is 7.87. The first-order valence-corrected chi connectivity index (χ1v) is 26.1. The summed E-state index contributed by atoms with van der Waals surface area (Å²) in [5.74, 6) is 2.35. The summed E-state index contributed by atoms with van der Waals surface area (Å²) in [6.07, 6.45) is 0. The SMILES string of the molecule is O=P12c3c4cccc3N(c3ccccc3)c3cc5c6c7c(cc5c(c31)N(c1ccccc1)c1cccc(c12)O4)N(c1ccccc1)c1cccc2c1P7(=O)c1c(cccc1N6c1ccccc1)O2. The van der Waals surface area contributed by atoms with Crippen LogP contribution >= 0.6 is 14.3 Å². The molecule has 10 heteroatoms. The molecule has 68 heavy (non-hydrogen) atoms. The minimum Gasteiger partial charge on any atom is -0.456 e. The van der Waals surface area contributed by atoms with Crippen molar-refractivity contribution in [3.63, 3.8) is 0 Å². The fourth-order valence-corrected chi connectivity index (χ4v) is 19.1. The van der Waals surface area contributed by atoms with Crippen molar-refractivity contribution < 1.29 is 18.6 Å². The lowest BCUT2D eigenvalue weighted by atomic mass is 9.97. The second kappa shape index (κ2) is 12.8. The monoisotopic (exact) mass is 912 g/mol. The van der Waals surface area contributed by atoms with Gasteiger partial charge in [0.1, 0.15) is 23.0 Å². The molecule has 6 heterocycles. The van der Waals surface area contributed by atoms with E-state index in [0.717, 1.165) is 89.6 Å². The van der Waals surface area contributed by atoms with E-state index in [9.17, 15) is 0 Å². The van der Waals surface area contributed by atoms with Gasteiger partial charge in [0.25, 0.3) is 0 Å². The first-order chi connectivity index (χ1) is 33.5. The predicted molar refractivity (Wildman–Crippen MR) is 276 cm³/mol. The number of para-hydroxylation sites is 4. The van der Waals surface area contributed by atoms with Gasteiger partial charge >= 0.3 is 0 Å². The van der Waals surface area contributed by atoms with Gasteiger partial charge in [0.15, 0.2) is 14.3 Å². The lowest BCUT2D eigenvalue weighted by Gasteiger charge is -2.49. The maximum Gasteiger partial charge on any atom is 0.186 e. The highest BCUT2D eigenvalue weighted by atomic mass is 31.2. The average Bonchev–Trinajstić information content (AvgIpc) is 3.37. The van der Waals surface area contributed by atoms with Crippen molar-refractivity contribution in [2.45, 2.75) is 0 Å². The van der Waals surface area contributed by atoms with Gasteiger partial charge in [-0.3, -0.25) is 0 Å². The van der Waals surface area contributed by atoms with E-state index in [2.05, 4.69) is 129 Å². The van der Waals surface area contributed by atoms with Crippen LogP contribution in [0.15, 0.2) is 206 Å². The topological polar surface area (TPSA) is 65.6 Å². The molecule has 0 bridgehead atoms. The fourth-order valence-electron chi connectivity index (χ4n) is 12.0. The standard InChI is InChI=1S/C58H34N4O4P2/c63-67-53-41-25-13-29-47(53)65-49-31-15-27-43(55(49)67)61(37-21-9-3-10-22-37)51-40-34-46-58-52(39(40)33-45(57(51)67)59(41)35-17-5-1-6-18-35)62(38-23-11-4-12-24-38)44-28-16-32-50-56(44)68(58,64)54-42(26-14-30-48(54)66-50)60(46)36-19-7-2-8-20-36/h1-34H. The van der Waals surface area contributed by atoms with Crippen LogP contribution in [0.2, 0.25) is 0 Å². The van der Waals surface area contributed by atoms with Crippen LogP contribution in [-0.4, -0.2) is 0 Å². The summed E-state index contributed by atoms with van der Waals surface area (Å²) in [6.45, 7) is 0. The van der Waals surface area contributed by atoms with E-state index in [1.807, 2.05) is 97.1 Å². The number of hydrogen-bond acceptors (Lipinski definition) is 8. The number of ether oxygens (including phenoxy) is 2. The molecule has 2 atom stereocenters. The molecular formula is C58H34N4O4P2. The molecule has 0 radical (unpaired) electrons. The number of benzene rings is 10. The normalized spacial score (nSPS) is 18.6. The van der Waals surface area contributed by atoms with Gasteiger partial charge in [-0.1, -0.05) is 97.1 Å². The molecule has 0 spiro atoms. The van der Waals surface area contributed by atoms with Crippen molar-refractivity contribution in [2.24, 2.45) is 0 Å². The first kappa shape index (κ1) is 36.9. The maximum atomic E-state index is 17.5. The van der Waals surface area contributed by atoms with Gasteiger partial charge in [-0.2, -0.15) is 0 Å². The van der Waals surface area contributed by atoms with Gasteiger partial charge < -0.3 is 38.2 Å². The zero-order valence-corrected chi connectivity index (χ0v) is 37.7. The van der Waals surface area contributed by atoms with Crippen LogP contribution in [0.1, 0.15) is 0 Å². The second-order valence-electron chi connectivity index (χ2n) is 17.9. The third-order valence-corrected chi connectivity index (χ3v) is 20.9. The van der Waals surface area contributed by atoms with Gasteiger partial charge in [-0.05, 0) is 109 Å². The van der Waals surface area contributed by atoms with Crippen LogP contribution in [0.3, 0.4) is 0 Å². The molecule has 0 saturated heterocycles. The Labute approximate surface area is 390 Å². The fraction of sp³-hybridized carbons (Fsp3) is 0. The third-order valence-electron chi connectivity index (χ3n) is 14.5. The molecule has 0 N–H and O–H groups in total. The van der Waals surface area contributed by atoms with E-state index < -0.39 is 14.3 Å². The van der Waals surface area contributed by atoms with Crippen molar-refractivity contribution in [3.05, 3.63) is 206 Å². The van der Waals surface area contributed by atoms with E-state index in [4.69, 9.17) is 9.47 Å². The molecule has 0 amide bonds. The minimum absolute atomic E-state index is 0.588. The molecule has 2 unspecified atom stereocenters. The van der Waals surface area contributed by atoms with Crippen LogP contribution in [-0.2, 0) is 9.13 Å². The number of fused-ring (bicyclic) bond motifs is 3. The molecule has 6 aliphatic rings. The number of hydrogen-bond donors (Lipinski definition) is 0. The Hall–Kier alpha value is -8.28. The second-order valence-corrected chi connectivity index (χ2v) is 23.0. The molecule has 10 aromatic carbocycles. The Balaban J connectivity index is 1.17. The van der Waals surface area contributed by atoms with Crippen LogP contribution < -0.4 is 60.9 Å². The molecule has 0 aliphatic carbocycles. The van der Waals surface area contributed by atoms with Crippen LogP contribution in [0.25, 0.3) is 10.8 Å². The summed E-state index contributed by atoms with van der Waals surface area (Å²) < 4.78 is 48.7. The molecule has 0 fully saturated rings. The van der Waals surface area contributed by atoms with Crippen molar-refractivity contribution >= 4 is 125 Å². The Morgan fingerprint density at radius 3 is 0.868 bits per heavy atom. The molecule has 6 aliphatic heterocycles. The third kappa shape index (κ3) is 4.30. The molecule has 10 aromatic rings. The quantitative estimate of drug-likeness (QED) is 0.162. The van der Waals surface area contributed by atoms with Gasteiger partial charge in [0.05, 0.1) is 77.3 Å². The Kier molecular flexibility index (Phi) is 6.93. The van der Waals surface area contributed by atoms with E-state index in [0.29, 0.717) is 44.2 Å². The molecule has 0 saturated carbocycles. The average molecular weight is 913 g/mol. The zero-order valence-electron chi connectivity index (χ0n) is 35.9. The molecule has 320 valence electrons. The van der Waals surface area contributed by atoms with Crippen molar-refractivity contribution in [1.29, 1.82) is 0 Å². The summed E-state index contributed by atoms with van der Waals surface area (Å²) in [6, 6.07) is 69.9. The first-order valence-electron chi connectivity index (χ1n) is 22.7. The summed E-state index contributed by atoms with van der Waals surface area (Å²) >= 11 is 0. The number of anilines is 12. The predicted octanol–water partition coefficient (Wildman–Crippen LogP) is 13.5. The van der Waals surface area contributed by atoms with Crippen molar-refractivity contribution in [1.82, 2.24) is 0 Å². The minimum atomic E-state index is -3.73. The lowest BCUT2D eigenvalue weighted by Crippen LogP contribution is -2.46. The van der Waals surface area contributed by atoms with Crippen molar-refractivity contribution in [2.75, 3.05) is 19.6 Å². The van der Waals surface area contributed by atoms with Crippen LogP contribution in [0, 0.1) is 0 Å². The maximum absolute atomic E-state index is 17.5. The number of nitrogens with zero attached hydrogens (tertiary/aromatic N) is 4. The smallest absolute Gasteiger partial charge is 0.186 e. The van der Waals surface area contributed by atoms with Gasteiger partial charge in [-0.15, -0.1) is 0 Å². The van der Waals surface area contributed by atoms with Crippen LogP contribution in [0.5, 0.6) is 23.0 Å². The molecule has 16 rings (SSSR count). The molecule has 0 aromatic heterocycles. The van der Waals surface area contributed by atoms with Crippen molar-refractivity contribution in [3.8, 4) is 23.0 Å². The molecular weight excluding hydrogens is 879 g/mol. The van der Waals surface area contributed by atoms with E-state index in [1.54, 1.807) is 0 Å². The van der Waals surface area contributed by atoms with E-state index in [-0.39, 0.29) is 0 Å². The Morgan fingerprint density at radius 2 is 0.559 bits per heavy atom. The van der Waals surface area contributed by atoms with E-state index >= 15 is 9.13 Å². The lowest BCUT2D eigenvalue weighted by molar-refractivity contribution is 0.485. The summed E-state index contributed by atoms with van der Waals surface area (Å²) in [5, 5.41) is 5.97. The van der Waals surface area contributed by atoms with E-state index in [1.165, 1.54) is 0 Å². The molecule has 8 nitrogen and oxygen atoms in total. The largest absolute Gasteiger partial charge is 0.456 e. The highest BCUT2D eigenvalue weighted by Crippen LogP contribution is 2.70. The zero-order chi connectivity index (χ0) is 44.6. The summed E-state index contributed by atoms with van der Waals surface area (Å²) in [4.78, 5) is 9.10. The van der Waals surface area contributed by atoms with Gasteiger partial charge in [-0.25, -0.2) is 0 Å². The van der Waals surface area contributed by atoms with Crippen LogP contribution in [0.4, 0.5) is 68.2 Å².